The summed E-state index contributed by atoms with van der Waals surface area (Å²) in [4.78, 5) is 4.09. The van der Waals surface area contributed by atoms with Crippen LogP contribution in [-0.2, 0) is 0 Å². The Balaban J connectivity index is 2.48. The van der Waals surface area contributed by atoms with E-state index in [0.717, 1.165) is 5.56 Å². The molecule has 0 unspecified atom stereocenters. The highest BCUT2D eigenvalue weighted by atomic mass is 35.5. The molecule has 1 aromatic carbocycles. The molecule has 0 aliphatic rings. The van der Waals surface area contributed by atoms with Crippen molar-refractivity contribution < 1.29 is 4.74 Å². The number of halogens is 1. The monoisotopic (exact) mass is 238 g/mol. The van der Waals surface area contributed by atoms with Crippen LogP contribution in [0.4, 0.5) is 5.95 Å². The highest BCUT2D eigenvalue weighted by Crippen LogP contribution is 2.30. The Labute approximate surface area is 97.6 Å². The molecule has 84 valence electrons. The van der Waals surface area contributed by atoms with E-state index >= 15 is 0 Å². The molecule has 0 spiro atoms. The van der Waals surface area contributed by atoms with E-state index < -0.39 is 0 Å². The molecular weight excluding hydrogens is 228 g/mol. The minimum absolute atomic E-state index is 0.238. The second-order valence-electron chi connectivity index (χ2n) is 3.24. The Kier molecular flexibility index (Phi) is 2.62. The molecule has 6 heteroatoms. The second-order valence-corrected chi connectivity index (χ2v) is 3.64. The van der Waals surface area contributed by atoms with Gasteiger partial charge in [0.05, 0.1) is 24.0 Å². The first-order valence-electron chi connectivity index (χ1n) is 4.55. The van der Waals surface area contributed by atoms with Crippen molar-refractivity contribution in [3.05, 3.63) is 29.4 Å². The lowest BCUT2D eigenvalue weighted by Crippen LogP contribution is -2.09. The Hall–Kier alpha value is -1.88. The van der Waals surface area contributed by atoms with E-state index in [9.17, 15) is 0 Å². The molecule has 16 heavy (non-hydrogen) atoms. The molecule has 0 saturated carbocycles. The van der Waals surface area contributed by atoms with Crippen LogP contribution in [0.5, 0.6) is 5.75 Å². The number of nitrogens with two attached hydrogens (primary N) is 2. The number of aromatic nitrogens is 2. The molecule has 0 aliphatic carbocycles. The summed E-state index contributed by atoms with van der Waals surface area (Å²) in [6, 6.07) is 5.32. The van der Waals surface area contributed by atoms with Crippen LogP contribution in [0.25, 0.3) is 11.3 Å². The van der Waals surface area contributed by atoms with Crippen molar-refractivity contribution in [1.29, 1.82) is 0 Å². The van der Waals surface area contributed by atoms with E-state index in [-0.39, 0.29) is 5.95 Å². The highest BCUT2D eigenvalue weighted by molar-refractivity contribution is 6.33. The largest absolute Gasteiger partial charge is 0.497 e. The molecule has 4 N–H and O–H groups in total. The van der Waals surface area contributed by atoms with Gasteiger partial charge >= 0.3 is 0 Å². The molecule has 0 radical (unpaired) electrons. The quantitative estimate of drug-likeness (QED) is 0.778. The Morgan fingerprint density at radius 2 is 2.19 bits per heavy atom. The van der Waals surface area contributed by atoms with E-state index in [0.29, 0.717) is 16.5 Å². The van der Waals surface area contributed by atoms with Crippen molar-refractivity contribution in [2.75, 3.05) is 18.7 Å². The summed E-state index contributed by atoms with van der Waals surface area (Å²) in [6.45, 7) is 0. The Morgan fingerprint density at radius 3 is 2.69 bits per heavy atom. The highest BCUT2D eigenvalue weighted by Gasteiger charge is 2.09. The molecule has 5 nitrogen and oxygen atoms in total. The van der Waals surface area contributed by atoms with Crippen molar-refractivity contribution in [3.8, 4) is 17.0 Å². The smallest absolute Gasteiger partial charge is 0.219 e. The van der Waals surface area contributed by atoms with Gasteiger partial charge in [0.2, 0.25) is 5.95 Å². The van der Waals surface area contributed by atoms with E-state index in [1.165, 1.54) is 4.68 Å². The van der Waals surface area contributed by atoms with Crippen LogP contribution in [-0.4, -0.2) is 16.8 Å². The van der Waals surface area contributed by atoms with Gasteiger partial charge in [0.15, 0.2) is 0 Å². The standard InChI is InChI=1S/C10H11ClN4O/c1-16-6-2-3-7(8(11)4-6)9-5-15(13)10(12)14-9/h2-5H,13H2,1H3,(H2,12,14). The van der Waals surface area contributed by atoms with Crippen LogP contribution in [0.2, 0.25) is 5.02 Å². The molecule has 0 aliphatic heterocycles. The van der Waals surface area contributed by atoms with E-state index in [1.54, 1.807) is 25.4 Å². The number of nitrogen functional groups attached to an aromatic ring is 2. The maximum absolute atomic E-state index is 6.09. The summed E-state index contributed by atoms with van der Waals surface area (Å²) in [5.74, 6) is 6.47. The maximum atomic E-state index is 6.09. The summed E-state index contributed by atoms with van der Waals surface area (Å²) in [7, 11) is 1.58. The van der Waals surface area contributed by atoms with Gasteiger partial charge in [0, 0.05) is 5.56 Å². The summed E-state index contributed by atoms with van der Waals surface area (Å²) in [6.07, 6.45) is 1.61. The normalized spacial score (nSPS) is 10.4. The van der Waals surface area contributed by atoms with Gasteiger partial charge in [-0.3, -0.25) is 0 Å². The van der Waals surface area contributed by atoms with Crippen LogP contribution in [0.15, 0.2) is 24.4 Å². The molecular formula is C10H11ClN4O. The molecule has 0 atom stereocenters. The van der Waals surface area contributed by atoms with Crippen molar-refractivity contribution in [1.82, 2.24) is 9.66 Å². The van der Waals surface area contributed by atoms with Crippen molar-refractivity contribution in [2.24, 2.45) is 0 Å². The number of nitrogens with zero attached hydrogens (tertiary/aromatic N) is 2. The lowest BCUT2D eigenvalue weighted by atomic mass is 10.1. The van der Waals surface area contributed by atoms with E-state index in [2.05, 4.69) is 4.98 Å². The molecule has 0 amide bonds. The van der Waals surface area contributed by atoms with Crippen molar-refractivity contribution in [3.63, 3.8) is 0 Å². The SMILES string of the molecule is COc1ccc(-c2cn(N)c(N)n2)c(Cl)c1. The van der Waals surface area contributed by atoms with Crippen molar-refractivity contribution in [2.45, 2.75) is 0 Å². The summed E-state index contributed by atoms with van der Waals surface area (Å²) in [5.41, 5.74) is 6.94. The summed E-state index contributed by atoms with van der Waals surface area (Å²) < 4.78 is 6.30. The van der Waals surface area contributed by atoms with E-state index in [4.69, 9.17) is 27.9 Å². The van der Waals surface area contributed by atoms with Gasteiger partial charge in [-0.15, -0.1) is 0 Å². The number of hydrogen-bond acceptors (Lipinski definition) is 4. The van der Waals surface area contributed by atoms with Crippen LogP contribution in [0.1, 0.15) is 0 Å². The Bertz CT molecular complexity index is 504. The zero-order chi connectivity index (χ0) is 11.7. The third kappa shape index (κ3) is 1.77. The van der Waals surface area contributed by atoms with Crippen LogP contribution < -0.4 is 16.3 Å². The first kappa shape index (κ1) is 10.6. The molecule has 0 bridgehead atoms. The fraction of sp³-hybridized carbons (Fsp3) is 0.100. The van der Waals surface area contributed by atoms with Crippen molar-refractivity contribution >= 4 is 17.5 Å². The third-order valence-corrected chi connectivity index (χ3v) is 2.53. The van der Waals surface area contributed by atoms with Crippen LogP contribution in [0, 0.1) is 0 Å². The Morgan fingerprint density at radius 1 is 1.44 bits per heavy atom. The van der Waals surface area contributed by atoms with Gasteiger partial charge in [0.1, 0.15) is 5.75 Å². The number of ether oxygens (including phenoxy) is 1. The number of methoxy groups -OCH3 is 1. The van der Waals surface area contributed by atoms with Gasteiger partial charge in [-0.25, -0.2) is 9.66 Å². The van der Waals surface area contributed by atoms with Gasteiger partial charge < -0.3 is 16.3 Å². The lowest BCUT2D eigenvalue weighted by Gasteiger charge is -2.03. The first-order chi connectivity index (χ1) is 7.61. The minimum atomic E-state index is 0.238. The predicted molar refractivity (Wildman–Crippen MR) is 63.8 cm³/mol. The predicted octanol–water partition coefficient (Wildman–Crippen LogP) is 1.51. The van der Waals surface area contributed by atoms with Crippen LogP contribution >= 0.6 is 11.6 Å². The fourth-order valence-corrected chi connectivity index (χ4v) is 1.64. The molecule has 0 fully saturated rings. The topological polar surface area (TPSA) is 79.1 Å². The summed E-state index contributed by atoms with van der Waals surface area (Å²) in [5, 5.41) is 0.539. The number of anilines is 1. The molecule has 1 heterocycles. The average molecular weight is 239 g/mol. The van der Waals surface area contributed by atoms with E-state index in [1.807, 2.05) is 6.07 Å². The molecule has 1 aromatic heterocycles. The molecule has 2 aromatic rings. The second kappa shape index (κ2) is 3.94. The number of rotatable bonds is 2. The minimum Gasteiger partial charge on any atom is -0.497 e. The number of benzene rings is 1. The average Bonchev–Trinajstić information content (AvgIpc) is 2.58. The number of hydrogen-bond donors (Lipinski definition) is 2. The fourth-order valence-electron chi connectivity index (χ4n) is 1.37. The maximum Gasteiger partial charge on any atom is 0.219 e. The molecule has 0 saturated heterocycles. The van der Waals surface area contributed by atoms with Gasteiger partial charge in [-0.1, -0.05) is 11.6 Å². The number of imidazole rings is 1. The van der Waals surface area contributed by atoms with Gasteiger partial charge in [0.25, 0.3) is 0 Å². The third-order valence-electron chi connectivity index (χ3n) is 2.21. The summed E-state index contributed by atoms with van der Waals surface area (Å²) >= 11 is 6.09. The lowest BCUT2D eigenvalue weighted by molar-refractivity contribution is 0.415. The van der Waals surface area contributed by atoms with Gasteiger partial charge in [-0.2, -0.15) is 0 Å². The first-order valence-corrected chi connectivity index (χ1v) is 4.93. The zero-order valence-corrected chi connectivity index (χ0v) is 9.40. The zero-order valence-electron chi connectivity index (χ0n) is 8.64. The molecule has 2 rings (SSSR count). The van der Waals surface area contributed by atoms with Crippen LogP contribution in [0.3, 0.4) is 0 Å². The van der Waals surface area contributed by atoms with Gasteiger partial charge in [-0.05, 0) is 18.2 Å².